The minimum absolute atomic E-state index is 0.00705. The Balaban J connectivity index is 1.80. The van der Waals surface area contributed by atoms with E-state index in [-0.39, 0.29) is 39.8 Å². The molecule has 0 aromatic heterocycles. The van der Waals surface area contributed by atoms with Crippen LogP contribution in [-0.2, 0) is 14.3 Å². The second kappa shape index (κ2) is 10.1. The van der Waals surface area contributed by atoms with Gasteiger partial charge in [0.15, 0.2) is 11.9 Å². The first kappa shape index (κ1) is 24.3. The van der Waals surface area contributed by atoms with Crippen molar-refractivity contribution >= 4 is 34.9 Å². The zero-order valence-corrected chi connectivity index (χ0v) is 19.1. The topological polar surface area (TPSA) is 116 Å². The molecule has 174 valence electrons. The summed E-state index contributed by atoms with van der Waals surface area (Å²) < 4.78 is 11.0. The van der Waals surface area contributed by atoms with Gasteiger partial charge in [-0.25, -0.2) is 4.79 Å². The number of morpholine rings is 1. The van der Waals surface area contributed by atoms with Crippen molar-refractivity contribution in [2.75, 3.05) is 13.1 Å². The molecule has 10 heteroatoms. The number of nitro benzene ring substituents is 1. The van der Waals surface area contributed by atoms with Gasteiger partial charge in [0.2, 0.25) is 0 Å². The molecule has 1 aliphatic rings. The number of nitro groups is 1. The van der Waals surface area contributed by atoms with Crippen LogP contribution in [0, 0.1) is 10.1 Å². The molecule has 0 N–H and O–H groups in total. The van der Waals surface area contributed by atoms with E-state index in [1.54, 1.807) is 17.0 Å². The lowest BCUT2D eigenvalue weighted by Crippen LogP contribution is -2.51. The largest absolute Gasteiger partial charge is 0.449 e. The predicted octanol–water partition coefficient (Wildman–Crippen LogP) is 3.66. The van der Waals surface area contributed by atoms with E-state index in [9.17, 15) is 24.5 Å². The average molecular weight is 475 g/mol. The zero-order valence-electron chi connectivity index (χ0n) is 18.3. The first-order chi connectivity index (χ1) is 15.6. The molecule has 0 bridgehead atoms. The summed E-state index contributed by atoms with van der Waals surface area (Å²) in [5.74, 6) is -1.82. The van der Waals surface area contributed by atoms with Gasteiger partial charge < -0.3 is 14.4 Å². The van der Waals surface area contributed by atoms with Crippen molar-refractivity contribution in [2.45, 2.75) is 39.1 Å². The normalized spacial score (nSPS) is 19.0. The molecule has 0 radical (unpaired) electrons. The van der Waals surface area contributed by atoms with Crippen molar-refractivity contribution in [2.24, 2.45) is 0 Å². The third-order valence-electron chi connectivity index (χ3n) is 5.16. The fourth-order valence-corrected chi connectivity index (χ4v) is 3.88. The van der Waals surface area contributed by atoms with E-state index in [1.807, 2.05) is 13.8 Å². The zero-order chi connectivity index (χ0) is 24.3. The molecule has 9 nitrogen and oxygen atoms in total. The van der Waals surface area contributed by atoms with Gasteiger partial charge in [-0.15, -0.1) is 0 Å². The van der Waals surface area contributed by atoms with Gasteiger partial charge >= 0.3 is 5.97 Å². The number of hydrogen-bond acceptors (Lipinski definition) is 7. The Hall–Kier alpha value is -3.30. The molecular formula is C23H23ClN2O7. The first-order valence-electron chi connectivity index (χ1n) is 10.3. The van der Waals surface area contributed by atoms with Crippen LogP contribution in [0.2, 0.25) is 5.02 Å². The lowest BCUT2D eigenvalue weighted by molar-refractivity contribution is -0.384. The number of rotatable bonds is 6. The number of ketones is 1. The number of carbonyl (C=O) groups excluding carboxylic acids is 3. The van der Waals surface area contributed by atoms with Gasteiger partial charge in [0.1, 0.15) is 5.02 Å². The van der Waals surface area contributed by atoms with E-state index >= 15 is 0 Å². The van der Waals surface area contributed by atoms with Crippen molar-refractivity contribution < 1.29 is 28.8 Å². The molecule has 1 fully saturated rings. The molecule has 3 atom stereocenters. The number of hydrogen-bond donors (Lipinski definition) is 0. The monoisotopic (exact) mass is 474 g/mol. The number of carbonyl (C=O) groups is 3. The van der Waals surface area contributed by atoms with Gasteiger partial charge in [-0.3, -0.25) is 19.7 Å². The van der Waals surface area contributed by atoms with Crippen LogP contribution in [0.4, 0.5) is 5.69 Å². The van der Waals surface area contributed by atoms with E-state index in [0.717, 1.165) is 6.07 Å². The maximum atomic E-state index is 13.0. The molecule has 1 saturated heterocycles. The second-order valence-electron chi connectivity index (χ2n) is 7.85. The van der Waals surface area contributed by atoms with Gasteiger partial charge in [-0.05, 0) is 39.0 Å². The van der Waals surface area contributed by atoms with Gasteiger partial charge in [-0.2, -0.15) is 0 Å². The molecule has 1 amide bonds. The van der Waals surface area contributed by atoms with Crippen LogP contribution in [0.1, 0.15) is 47.1 Å². The molecule has 0 aliphatic carbocycles. The third-order valence-corrected chi connectivity index (χ3v) is 5.48. The van der Waals surface area contributed by atoms with Gasteiger partial charge in [0.25, 0.3) is 11.6 Å². The van der Waals surface area contributed by atoms with Crippen LogP contribution in [0.3, 0.4) is 0 Å². The number of ether oxygens (including phenoxy) is 2. The molecule has 0 saturated carbocycles. The van der Waals surface area contributed by atoms with E-state index in [2.05, 4.69) is 0 Å². The Bertz CT molecular complexity index is 1090. The Morgan fingerprint density at radius 2 is 1.73 bits per heavy atom. The number of benzene rings is 2. The number of esters is 1. The summed E-state index contributed by atoms with van der Waals surface area (Å²) in [6.07, 6.45) is -1.35. The molecule has 2 aromatic rings. The van der Waals surface area contributed by atoms with E-state index in [4.69, 9.17) is 21.1 Å². The minimum atomic E-state index is -1.07. The van der Waals surface area contributed by atoms with E-state index < -0.39 is 28.5 Å². The highest BCUT2D eigenvalue weighted by atomic mass is 35.5. The lowest BCUT2D eigenvalue weighted by atomic mass is 9.98. The molecule has 1 aliphatic heterocycles. The van der Waals surface area contributed by atoms with Crippen molar-refractivity contribution in [1.29, 1.82) is 0 Å². The number of nitrogens with zero attached hydrogens (tertiary/aromatic N) is 2. The van der Waals surface area contributed by atoms with Crippen LogP contribution in [0.15, 0.2) is 42.5 Å². The molecule has 2 aromatic carbocycles. The number of halogens is 1. The minimum Gasteiger partial charge on any atom is -0.449 e. The summed E-state index contributed by atoms with van der Waals surface area (Å²) >= 11 is 5.82. The summed E-state index contributed by atoms with van der Waals surface area (Å²) in [6.45, 7) is 5.95. The molecule has 0 spiro atoms. The fraction of sp³-hybridized carbons (Fsp3) is 0.348. The molecule has 3 rings (SSSR count). The van der Waals surface area contributed by atoms with Gasteiger partial charge in [0.05, 0.1) is 22.7 Å². The highest BCUT2D eigenvalue weighted by Gasteiger charge is 2.31. The Labute approximate surface area is 195 Å². The molecule has 1 heterocycles. The summed E-state index contributed by atoms with van der Waals surface area (Å²) in [4.78, 5) is 50.7. The lowest BCUT2D eigenvalue weighted by Gasteiger charge is -2.36. The molecule has 33 heavy (non-hydrogen) atoms. The van der Waals surface area contributed by atoms with Crippen molar-refractivity contribution in [3.63, 3.8) is 0 Å². The van der Waals surface area contributed by atoms with Crippen LogP contribution < -0.4 is 0 Å². The SMILES string of the molecule is CC1CN(C(=O)C(C)OC(=O)c2ccccc2C(=O)c2ccc(Cl)c([N+](=O)[O-])c2)CC(C)O1. The van der Waals surface area contributed by atoms with Crippen molar-refractivity contribution in [3.8, 4) is 0 Å². The van der Waals surface area contributed by atoms with Gasteiger partial charge in [0, 0.05) is 30.3 Å². The van der Waals surface area contributed by atoms with Crippen LogP contribution >= 0.6 is 11.6 Å². The Morgan fingerprint density at radius 3 is 2.33 bits per heavy atom. The Kier molecular flexibility index (Phi) is 7.45. The summed E-state index contributed by atoms with van der Waals surface area (Å²) in [5, 5.41) is 11.0. The van der Waals surface area contributed by atoms with E-state index in [1.165, 1.54) is 31.2 Å². The van der Waals surface area contributed by atoms with Crippen molar-refractivity contribution in [1.82, 2.24) is 4.90 Å². The average Bonchev–Trinajstić information content (AvgIpc) is 2.77. The quantitative estimate of drug-likeness (QED) is 0.271. The summed E-state index contributed by atoms with van der Waals surface area (Å²) in [6, 6.07) is 9.56. The van der Waals surface area contributed by atoms with Crippen molar-refractivity contribution in [3.05, 3.63) is 74.3 Å². The highest BCUT2D eigenvalue weighted by molar-refractivity contribution is 6.33. The highest BCUT2D eigenvalue weighted by Crippen LogP contribution is 2.27. The summed E-state index contributed by atoms with van der Waals surface area (Å²) in [7, 11) is 0. The maximum absolute atomic E-state index is 13.0. The maximum Gasteiger partial charge on any atom is 0.339 e. The number of amides is 1. The predicted molar refractivity (Wildman–Crippen MR) is 119 cm³/mol. The third kappa shape index (κ3) is 5.55. The fourth-order valence-electron chi connectivity index (χ4n) is 3.70. The molecule has 3 unspecified atom stereocenters. The van der Waals surface area contributed by atoms with Crippen LogP contribution in [-0.4, -0.2) is 58.9 Å². The second-order valence-corrected chi connectivity index (χ2v) is 8.25. The van der Waals surface area contributed by atoms with Gasteiger partial charge in [-0.1, -0.05) is 29.8 Å². The summed E-state index contributed by atoms with van der Waals surface area (Å²) in [5.41, 5.74) is -0.488. The van der Waals surface area contributed by atoms with E-state index in [0.29, 0.717) is 13.1 Å². The smallest absolute Gasteiger partial charge is 0.339 e. The Morgan fingerprint density at radius 1 is 1.12 bits per heavy atom. The standard InChI is InChI=1S/C23H23ClN2O7/c1-13-11-25(12-14(2)32-13)22(28)15(3)33-23(29)18-7-5-4-6-17(18)21(27)16-8-9-19(24)20(10-16)26(30)31/h4-10,13-15H,11-12H2,1-3H3. The van der Waals surface area contributed by atoms with Crippen LogP contribution in [0.5, 0.6) is 0 Å². The molecular weight excluding hydrogens is 452 g/mol. The van der Waals surface area contributed by atoms with Crippen LogP contribution in [0.25, 0.3) is 0 Å². The first-order valence-corrected chi connectivity index (χ1v) is 10.7.